The monoisotopic (exact) mass is 504 g/mol. The molecule has 2 saturated heterocycles. The predicted molar refractivity (Wildman–Crippen MR) is 126 cm³/mol. The SMILES string of the molecule is CCC1CN(C(=NC)NCc2ccccc2CN2CCOCC2)CCS1.I. The zero-order valence-corrected chi connectivity index (χ0v) is 19.7. The Balaban J connectivity index is 0.00000261. The maximum absolute atomic E-state index is 5.47. The molecule has 7 heteroatoms. The molecule has 3 rings (SSSR count). The summed E-state index contributed by atoms with van der Waals surface area (Å²) in [4.78, 5) is 9.43. The topological polar surface area (TPSA) is 40.1 Å². The average Bonchev–Trinajstić information content (AvgIpc) is 2.70. The van der Waals surface area contributed by atoms with E-state index >= 15 is 0 Å². The Morgan fingerprint density at radius 1 is 1.22 bits per heavy atom. The minimum absolute atomic E-state index is 0. The van der Waals surface area contributed by atoms with Crippen LogP contribution in [0.5, 0.6) is 0 Å². The smallest absolute Gasteiger partial charge is 0.193 e. The van der Waals surface area contributed by atoms with E-state index in [1.54, 1.807) is 0 Å². The molecule has 27 heavy (non-hydrogen) atoms. The van der Waals surface area contributed by atoms with Gasteiger partial charge in [0.1, 0.15) is 0 Å². The van der Waals surface area contributed by atoms with Gasteiger partial charge in [0.05, 0.1) is 13.2 Å². The molecule has 1 N–H and O–H groups in total. The zero-order chi connectivity index (χ0) is 18.2. The van der Waals surface area contributed by atoms with Crippen molar-refractivity contribution < 1.29 is 4.74 Å². The first-order valence-electron chi connectivity index (χ1n) is 9.74. The van der Waals surface area contributed by atoms with Gasteiger partial charge in [0.15, 0.2) is 5.96 Å². The highest BCUT2D eigenvalue weighted by atomic mass is 127. The lowest BCUT2D eigenvalue weighted by atomic mass is 10.1. The second kappa shape index (κ2) is 12.1. The molecular weight excluding hydrogens is 471 g/mol. The van der Waals surface area contributed by atoms with Gasteiger partial charge in [-0.2, -0.15) is 11.8 Å². The van der Waals surface area contributed by atoms with E-state index in [2.05, 4.69) is 63.1 Å². The Morgan fingerprint density at radius 2 is 1.96 bits per heavy atom. The number of aliphatic imine (C=N–C) groups is 1. The van der Waals surface area contributed by atoms with Crippen LogP contribution < -0.4 is 5.32 Å². The van der Waals surface area contributed by atoms with Crippen molar-refractivity contribution in [3.05, 3.63) is 35.4 Å². The fourth-order valence-corrected chi connectivity index (χ4v) is 4.73. The molecule has 0 aliphatic carbocycles. The maximum atomic E-state index is 5.47. The maximum Gasteiger partial charge on any atom is 0.193 e. The van der Waals surface area contributed by atoms with Gasteiger partial charge in [-0.15, -0.1) is 24.0 Å². The van der Waals surface area contributed by atoms with Gasteiger partial charge in [-0.25, -0.2) is 0 Å². The molecule has 0 aromatic heterocycles. The first-order chi connectivity index (χ1) is 12.8. The molecule has 1 aromatic rings. The summed E-state index contributed by atoms with van der Waals surface area (Å²) < 4.78 is 5.47. The van der Waals surface area contributed by atoms with Crippen LogP contribution in [0.15, 0.2) is 29.3 Å². The van der Waals surface area contributed by atoms with Crippen LogP contribution in [0.1, 0.15) is 24.5 Å². The number of guanidine groups is 1. The number of nitrogens with zero attached hydrogens (tertiary/aromatic N) is 3. The van der Waals surface area contributed by atoms with Crippen LogP contribution in [0.2, 0.25) is 0 Å². The van der Waals surface area contributed by atoms with Crippen molar-refractivity contribution in [1.29, 1.82) is 0 Å². The van der Waals surface area contributed by atoms with Crippen LogP contribution in [0.4, 0.5) is 0 Å². The Hall–Kier alpha value is -0.510. The van der Waals surface area contributed by atoms with E-state index in [0.717, 1.165) is 63.7 Å². The highest BCUT2D eigenvalue weighted by Crippen LogP contribution is 2.21. The molecule has 1 unspecified atom stereocenters. The highest BCUT2D eigenvalue weighted by molar-refractivity contribution is 14.0. The van der Waals surface area contributed by atoms with Crippen molar-refractivity contribution in [3.8, 4) is 0 Å². The standard InChI is InChI=1S/C20H32N4OS.HI/c1-3-19-16-24(10-13-26-19)20(21-2)22-14-17-6-4-5-7-18(17)15-23-8-11-25-12-9-23;/h4-7,19H,3,8-16H2,1-2H3,(H,21,22);1H. The van der Waals surface area contributed by atoms with Crippen LogP contribution in [-0.2, 0) is 17.8 Å². The Morgan fingerprint density at radius 3 is 2.67 bits per heavy atom. The number of nitrogens with one attached hydrogen (secondary N) is 1. The Kier molecular flexibility index (Phi) is 10.2. The minimum atomic E-state index is 0. The number of morpholine rings is 1. The molecule has 0 radical (unpaired) electrons. The molecule has 0 amide bonds. The van der Waals surface area contributed by atoms with Gasteiger partial charge in [-0.05, 0) is 17.5 Å². The molecule has 0 spiro atoms. The summed E-state index contributed by atoms with van der Waals surface area (Å²) in [6.45, 7) is 10.0. The van der Waals surface area contributed by atoms with E-state index in [0.29, 0.717) is 0 Å². The number of thioether (sulfide) groups is 1. The number of halogens is 1. The van der Waals surface area contributed by atoms with Crippen LogP contribution >= 0.6 is 35.7 Å². The summed E-state index contributed by atoms with van der Waals surface area (Å²) in [5.74, 6) is 2.22. The van der Waals surface area contributed by atoms with E-state index in [4.69, 9.17) is 4.74 Å². The third kappa shape index (κ3) is 6.80. The van der Waals surface area contributed by atoms with Crippen LogP contribution in [0, 0.1) is 0 Å². The fourth-order valence-electron chi connectivity index (χ4n) is 3.55. The second-order valence-corrected chi connectivity index (χ2v) is 8.31. The van der Waals surface area contributed by atoms with Crippen molar-refractivity contribution >= 4 is 41.7 Å². The predicted octanol–water partition coefficient (Wildman–Crippen LogP) is 3.04. The summed E-state index contributed by atoms with van der Waals surface area (Å²) in [6, 6.07) is 8.76. The Bertz CT molecular complexity index is 595. The van der Waals surface area contributed by atoms with Crippen molar-refractivity contribution in [3.63, 3.8) is 0 Å². The van der Waals surface area contributed by atoms with Gasteiger partial charge in [-0.3, -0.25) is 9.89 Å². The highest BCUT2D eigenvalue weighted by Gasteiger charge is 2.21. The second-order valence-electron chi connectivity index (χ2n) is 6.91. The summed E-state index contributed by atoms with van der Waals surface area (Å²) in [6.07, 6.45) is 1.22. The number of ether oxygens (including phenoxy) is 1. The van der Waals surface area contributed by atoms with E-state index in [9.17, 15) is 0 Å². The third-order valence-corrected chi connectivity index (χ3v) is 6.53. The number of hydrogen-bond acceptors (Lipinski definition) is 4. The van der Waals surface area contributed by atoms with Gasteiger partial charge in [0.2, 0.25) is 0 Å². The van der Waals surface area contributed by atoms with Gasteiger partial charge in [0.25, 0.3) is 0 Å². The minimum Gasteiger partial charge on any atom is -0.379 e. The first-order valence-corrected chi connectivity index (χ1v) is 10.8. The average molecular weight is 504 g/mol. The summed E-state index contributed by atoms with van der Waals surface area (Å²) in [7, 11) is 1.89. The molecule has 1 aromatic carbocycles. The lowest BCUT2D eigenvalue weighted by Gasteiger charge is -2.34. The molecule has 2 heterocycles. The summed E-state index contributed by atoms with van der Waals surface area (Å²) in [5.41, 5.74) is 2.76. The number of hydrogen-bond donors (Lipinski definition) is 1. The quantitative estimate of drug-likeness (QED) is 0.379. The first kappa shape index (κ1) is 22.8. The molecule has 0 saturated carbocycles. The van der Waals surface area contributed by atoms with Gasteiger partial charge >= 0.3 is 0 Å². The molecule has 2 aliphatic heterocycles. The normalized spacial score (nSPS) is 21.6. The largest absolute Gasteiger partial charge is 0.379 e. The van der Waals surface area contributed by atoms with Crippen molar-refractivity contribution in [2.45, 2.75) is 31.7 Å². The van der Waals surface area contributed by atoms with Crippen molar-refractivity contribution in [2.24, 2.45) is 4.99 Å². The summed E-state index contributed by atoms with van der Waals surface area (Å²) in [5, 5.41) is 4.32. The van der Waals surface area contributed by atoms with Crippen LogP contribution in [0.25, 0.3) is 0 Å². The summed E-state index contributed by atoms with van der Waals surface area (Å²) >= 11 is 2.09. The Labute approximate surface area is 185 Å². The van der Waals surface area contributed by atoms with Gasteiger partial charge < -0.3 is 15.0 Å². The number of rotatable bonds is 5. The van der Waals surface area contributed by atoms with Crippen molar-refractivity contribution in [1.82, 2.24) is 15.1 Å². The van der Waals surface area contributed by atoms with Gasteiger partial charge in [0, 0.05) is 57.3 Å². The molecule has 2 aliphatic rings. The lowest BCUT2D eigenvalue weighted by Crippen LogP contribution is -2.47. The molecule has 1 atom stereocenters. The number of benzene rings is 1. The zero-order valence-electron chi connectivity index (χ0n) is 16.5. The molecular formula is C20H33IN4OS. The lowest BCUT2D eigenvalue weighted by molar-refractivity contribution is 0.0341. The van der Waals surface area contributed by atoms with E-state index in [-0.39, 0.29) is 24.0 Å². The fraction of sp³-hybridized carbons (Fsp3) is 0.650. The van der Waals surface area contributed by atoms with Gasteiger partial charge in [-0.1, -0.05) is 31.2 Å². The van der Waals surface area contributed by atoms with E-state index in [1.807, 2.05) is 7.05 Å². The third-order valence-electron chi connectivity index (χ3n) is 5.16. The van der Waals surface area contributed by atoms with Crippen LogP contribution in [0.3, 0.4) is 0 Å². The molecule has 5 nitrogen and oxygen atoms in total. The van der Waals surface area contributed by atoms with Crippen molar-refractivity contribution in [2.75, 3.05) is 52.2 Å². The molecule has 152 valence electrons. The van der Waals surface area contributed by atoms with E-state index < -0.39 is 0 Å². The molecule has 2 fully saturated rings. The van der Waals surface area contributed by atoms with E-state index in [1.165, 1.54) is 23.3 Å². The molecule has 0 bridgehead atoms. The van der Waals surface area contributed by atoms with Crippen LogP contribution in [-0.4, -0.2) is 73.2 Å².